The van der Waals surface area contributed by atoms with Crippen LogP contribution in [-0.4, -0.2) is 30.0 Å². The minimum absolute atomic E-state index is 0.692. The third kappa shape index (κ3) is 1.76. The quantitative estimate of drug-likeness (QED) is 0.813. The Bertz CT molecular complexity index is 593. The van der Waals surface area contributed by atoms with E-state index in [-0.39, 0.29) is 0 Å². The van der Waals surface area contributed by atoms with Gasteiger partial charge in [0.1, 0.15) is 0 Å². The van der Waals surface area contributed by atoms with Crippen LogP contribution in [0.3, 0.4) is 0 Å². The molecule has 0 unspecified atom stereocenters. The van der Waals surface area contributed by atoms with Crippen molar-refractivity contribution in [3.05, 3.63) is 34.5 Å². The summed E-state index contributed by atoms with van der Waals surface area (Å²) >= 11 is 0. The number of fused-ring (bicyclic) bond motifs is 3. The van der Waals surface area contributed by atoms with E-state index in [0.29, 0.717) is 6.04 Å². The Kier molecular flexibility index (Phi) is 2.70. The molecule has 0 amide bonds. The van der Waals surface area contributed by atoms with Gasteiger partial charge in [0.2, 0.25) is 0 Å². The number of hydrogen-bond donors (Lipinski definition) is 1. The summed E-state index contributed by atoms with van der Waals surface area (Å²) in [5, 5.41) is 1.47. The molecule has 0 radical (unpaired) electrons. The van der Waals surface area contributed by atoms with Gasteiger partial charge in [0.15, 0.2) is 0 Å². The first kappa shape index (κ1) is 11.8. The first-order valence-electron chi connectivity index (χ1n) is 6.83. The van der Waals surface area contributed by atoms with Crippen molar-refractivity contribution in [2.45, 2.75) is 39.2 Å². The van der Waals surface area contributed by atoms with Crippen molar-refractivity contribution >= 4 is 10.9 Å². The highest BCUT2D eigenvalue weighted by Gasteiger charge is 2.24. The first-order chi connectivity index (χ1) is 8.56. The van der Waals surface area contributed by atoms with E-state index in [4.69, 9.17) is 0 Å². The number of aromatic amines is 1. The monoisotopic (exact) mass is 242 g/mol. The van der Waals surface area contributed by atoms with Crippen LogP contribution < -0.4 is 0 Å². The van der Waals surface area contributed by atoms with Crippen molar-refractivity contribution in [2.75, 3.05) is 14.1 Å². The number of aryl methyl sites for hydroxylation is 3. The maximum atomic E-state index is 3.64. The molecule has 1 aromatic carbocycles. The normalized spacial score (nSPS) is 19.5. The largest absolute Gasteiger partial charge is 0.358 e. The van der Waals surface area contributed by atoms with Gasteiger partial charge < -0.3 is 9.88 Å². The van der Waals surface area contributed by atoms with Crippen molar-refractivity contribution in [1.82, 2.24) is 9.88 Å². The second kappa shape index (κ2) is 4.13. The molecular weight excluding hydrogens is 220 g/mol. The van der Waals surface area contributed by atoms with E-state index in [1.165, 1.54) is 47.0 Å². The molecule has 2 heteroatoms. The van der Waals surface area contributed by atoms with Gasteiger partial charge in [-0.3, -0.25) is 0 Å². The second-order valence-electron chi connectivity index (χ2n) is 5.95. The SMILES string of the molecule is Cc1cc(C)c2c3c([nH]c2c1)CC[C@@H](N(C)C)C3. The van der Waals surface area contributed by atoms with Gasteiger partial charge in [0.25, 0.3) is 0 Å². The maximum absolute atomic E-state index is 3.64. The van der Waals surface area contributed by atoms with Gasteiger partial charge in [-0.25, -0.2) is 0 Å². The fourth-order valence-corrected chi connectivity index (χ4v) is 3.38. The van der Waals surface area contributed by atoms with Gasteiger partial charge in [-0.1, -0.05) is 6.07 Å². The Labute approximate surface area is 109 Å². The molecule has 1 heterocycles. The molecule has 3 rings (SSSR count). The van der Waals surface area contributed by atoms with Crippen molar-refractivity contribution in [3.8, 4) is 0 Å². The van der Waals surface area contributed by atoms with Gasteiger partial charge in [-0.15, -0.1) is 0 Å². The van der Waals surface area contributed by atoms with E-state index < -0.39 is 0 Å². The molecule has 0 saturated heterocycles. The summed E-state index contributed by atoms with van der Waals surface area (Å²) in [6, 6.07) is 5.28. The second-order valence-corrected chi connectivity index (χ2v) is 5.95. The lowest BCUT2D eigenvalue weighted by Gasteiger charge is -2.28. The lowest BCUT2D eigenvalue weighted by molar-refractivity contribution is 0.268. The van der Waals surface area contributed by atoms with E-state index in [2.05, 4.69) is 50.0 Å². The van der Waals surface area contributed by atoms with Crippen LogP contribution in [0.5, 0.6) is 0 Å². The third-order valence-electron chi connectivity index (χ3n) is 4.33. The smallest absolute Gasteiger partial charge is 0.0464 e. The topological polar surface area (TPSA) is 19.0 Å². The molecule has 1 aromatic heterocycles. The van der Waals surface area contributed by atoms with Crippen LogP contribution in [0.1, 0.15) is 28.8 Å². The predicted molar refractivity (Wildman–Crippen MR) is 77.3 cm³/mol. The van der Waals surface area contributed by atoms with Crippen molar-refractivity contribution < 1.29 is 0 Å². The molecule has 2 nitrogen and oxygen atoms in total. The fourth-order valence-electron chi connectivity index (χ4n) is 3.38. The van der Waals surface area contributed by atoms with Crippen LogP contribution in [0, 0.1) is 13.8 Å². The molecule has 0 bridgehead atoms. The van der Waals surface area contributed by atoms with Crippen molar-refractivity contribution in [1.29, 1.82) is 0 Å². The summed E-state index contributed by atoms with van der Waals surface area (Å²) in [5.74, 6) is 0. The highest BCUT2D eigenvalue weighted by atomic mass is 15.1. The molecule has 0 aliphatic heterocycles. The summed E-state index contributed by atoms with van der Waals surface area (Å²) in [7, 11) is 4.39. The Morgan fingerprint density at radius 1 is 1.22 bits per heavy atom. The third-order valence-corrected chi connectivity index (χ3v) is 4.33. The van der Waals surface area contributed by atoms with Crippen LogP contribution in [0.15, 0.2) is 12.1 Å². The minimum Gasteiger partial charge on any atom is -0.358 e. The number of H-pyrrole nitrogens is 1. The van der Waals surface area contributed by atoms with Gasteiger partial charge >= 0.3 is 0 Å². The Balaban J connectivity index is 2.15. The first-order valence-corrected chi connectivity index (χ1v) is 6.83. The minimum atomic E-state index is 0.692. The predicted octanol–water partition coefficient (Wildman–Crippen LogP) is 3.20. The van der Waals surface area contributed by atoms with Crippen LogP contribution >= 0.6 is 0 Å². The highest BCUT2D eigenvalue weighted by Crippen LogP contribution is 2.33. The van der Waals surface area contributed by atoms with Gasteiger partial charge in [-0.2, -0.15) is 0 Å². The number of benzene rings is 1. The van der Waals surface area contributed by atoms with E-state index >= 15 is 0 Å². The molecule has 96 valence electrons. The zero-order valence-electron chi connectivity index (χ0n) is 11.8. The Hall–Kier alpha value is -1.28. The molecular formula is C16H22N2. The zero-order valence-corrected chi connectivity index (χ0v) is 11.8. The molecule has 0 fully saturated rings. The Morgan fingerprint density at radius 3 is 2.72 bits per heavy atom. The van der Waals surface area contributed by atoms with Gasteiger partial charge in [-0.05, 0) is 70.0 Å². The molecule has 1 atom stereocenters. The lowest BCUT2D eigenvalue weighted by atomic mass is 9.89. The number of rotatable bonds is 1. The molecule has 1 N–H and O–H groups in total. The van der Waals surface area contributed by atoms with Crippen LogP contribution in [-0.2, 0) is 12.8 Å². The van der Waals surface area contributed by atoms with E-state index in [1.54, 1.807) is 5.56 Å². The maximum Gasteiger partial charge on any atom is 0.0464 e. The summed E-state index contributed by atoms with van der Waals surface area (Å²) in [5.41, 5.74) is 7.13. The molecule has 18 heavy (non-hydrogen) atoms. The number of aromatic nitrogens is 1. The molecule has 0 saturated carbocycles. The van der Waals surface area contributed by atoms with Gasteiger partial charge in [0.05, 0.1) is 0 Å². The average Bonchev–Trinajstić information content (AvgIpc) is 2.65. The molecule has 1 aliphatic carbocycles. The Morgan fingerprint density at radius 2 is 2.00 bits per heavy atom. The average molecular weight is 242 g/mol. The molecule has 1 aliphatic rings. The van der Waals surface area contributed by atoms with Crippen molar-refractivity contribution in [2.24, 2.45) is 0 Å². The summed E-state index contributed by atoms with van der Waals surface area (Å²) < 4.78 is 0. The fraction of sp³-hybridized carbons (Fsp3) is 0.500. The van der Waals surface area contributed by atoms with E-state index in [0.717, 1.165) is 0 Å². The van der Waals surface area contributed by atoms with E-state index in [9.17, 15) is 0 Å². The van der Waals surface area contributed by atoms with Crippen LogP contribution in [0.25, 0.3) is 10.9 Å². The van der Waals surface area contributed by atoms with Crippen LogP contribution in [0.4, 0.5) is 0 Å². The number of nitrogens with zero attached hydrogens (tertiary/aromatic N) is 1. The number of hydrogen-bond acceptors (Lipinski definition) is 1. The molecule has 2 aromatic rings. The number of nitrogens with one attached hydrogen (secondary N) is 1. The number of likely N-dealkylation sites (N-methyl/N-ethyl adjacent to an activating group) is 1. The summed E-state index contributed by atoms with van der Waals surface area (Å²) in [6.45, 7) is 4.41. The molecule has 0 spiro atoms. The summed E-state index contributed by atoms with van der Waals surface area (Å²) in [6.07, 6.45) is 3.64. The van der Waals surface area contributed by atoms with Crippen LogP contribution in [0.2, 0.25) is 0 Å². The standard InChI is InChI=1S/C16H22N2/c1-10-7-11(2)16-13-9-12(18(3)4)5-6-14(13)17-15(16)8-10/h7-8,12,17H,5-6,9H2,1-4H3/t12-/m1/s1. The lowest BCUT2D eigenvalue weighted by Crippen LogP contribution is -2.33. The van der Waals surface area contributed by atoms with Gasteiger partial charge in [0, 0.05) is 22.6 Å². The zero-order chi connectivity index (χ0) is 12.9. The highest BCUT2D eigenvalue weighted by molar-refractivity contribution is 5.88. The van der Waals surface area contributed by atoms with E-state index in [1.807, 2.05) is 0 Å². The van der Waals surface area contributed by atoms with Crippen molar-refractivity contribution in [3.63, 3.8) is 0 Å². The summed E-state index contributed by atoms with van der Waals surface area (Å²) in [4.78, 5) is 6.01.